The summed E-state index contributed by atoms with van der Waals surface area (Å²) in [5.74, 6) is 0.560. The minimum absolute atomic E-state index is 0.158. The Morgan fingerprint density at radius 1 is 1.40 bits per heavy atom. The Morgan fingerprint density at radius 2 is 2.20 bits per heavy atom. The highest BCUT2D eigenvalue weighted by molar-refractivity contribution is 7.99. The molecule has 0 aliphatic carbocycles. The molecule has 25 heavy (non-hydrogen) atoms. The highest BCUT2D eigenvalue weighted by atomic mass is 32.2. The van der Waals surface area contributed by atoms with Crippen LogP contribution < -0.4 is 10.6 Å². The average Bonchev–Trinajstić information content (AvgIpc) is 3.01. The van der Waals surface area contributed by atoms with Gasteiger partial charge in [0, 0.05) is 30.2 Å². The summed E-state index contributed by atoms with van der Waals surface area (Å²) < 4.78 is 6.28. The molecule has 134 valence electrons. The van der Waals surface area contributed by atoms with Crippen molar-refractivity contribution in [3.8, 4) is 0 Å². The number of amides is 1. The molecular formula is C17H22N4O3S. The van der Waals surface area contributed by atoms with E-state index in [1.807, 2.05) is 31.3 Å². The van der Waals surface area contributed by atoms with Gasteiger partial charge in [-0.05, 0) is 24.7 Å². The van der Waals surface area contributed by atoms with Crippen molar-refractivity contribution in [1.29, 1.82) is 0 Å². The molecule has 0 bridgehead atoms. The number of likely N-dealkylation sites (N-methyl/N-ethyl adjacent to an activating group) is 1. The van der Waals surface area contributed by atoms with Crippen LogP contribution in [0.2, 0.25) is 0 Å². The topological polar surface area (TPSA) is 85.2 Å². The quantitative estimate of drug-likeness (QED) is 0.696. The van der Waals surface area contributed by atoms with Crippen LogP contribution in [0.5, 0.6) is 0 Å². The Bertz CT molecular complexity index is 732. The van der Waals surface area contributed by atoms with E-state index < -0.39 is 6.04 Å². The summed E-state index contributed by atoms with van der Waals surface area (Å²) in [6.07, 6.45) is 3.47. The summed E-state index contributed by atoms with van der Waals surface area (Å²) in [4.78, 5) is 23.7. The van der Waals surface area contributed by atoms with E-state index in [0.29, 0.717) is 17.2 Å². The van der Waals surface area contributed by atoms with Gasteiger partial charge in [0.05, 0.1) is 19.1 Å². The Morgan fingerprint density at radius 3 is 2.84 bits per heavy atom. The number of thioether (sulfide) groups is 1. The maximum Gasteiger partial charge on any atom is 0.315 e. The molecule has 8 heteroatoms. The highest BCUT2D eigenvalue weighted by Crippen LogP contribution is 2.19. The highest BCUT2D eigenvalue weighted by Gasteiger charge is 2.20. The van der Waals surface area contributed by atoms with Crippen LogP contribution in [0.4, 0.5) is 5.69 Å². The van der Waals surface area contributed by atoms with E-state index in [1.54, 1.807) is 24.1 Å². The molecule has 2 N–H and O–H groups in total. The molecule has 0 fully saturated rings. The number of carbonyl (C=O) groups excluding carboxylic acids is 2. The summed E-state index contributed by atoms with van der Waals surface area (Å²) in [6, 6.07) is 7.09. The van der Waals surface area contributed by atoms with E-state index in [4.69, 9.17) is 0 Å². The maximum absolute atomic E-state index is 12.5. The second-order valence-electron chi connectivity index (χ2n) is 5.43. The number of nitrogens with zero attached hydrogens (tertiary/aromatic N) is 2. The van der Waals surface area contributed by atoms with Crippen molar-refractivity contribution < 1.29 is 14.3 Å². The predicted molar refractivity (Wildman–Crippen MR) is 98.3 cm³/mol. The van der Waals surface area contributed by atoms with Gasteiger partial charge in [-0.1, -0.05) is 12.1 Å². The van der Waals surface area contributed by atoms with Gasteiger partial charge < -0.3 is 15.4 Å². The van der Waals surface area contributed by atoms with Gasteiger partial charge in [-0.2, -0.15) is 5.10 Å². The third-order valence-corrected chi connectivity index (χ3v) is 4.50. The van der Waals surface area contributed by atoms with Crippen LogP contribution in [0.25, 0.3) is 0 Å². The lowest BCUT2D eigenvalue weighted by atomic mass is 10.1. The number of methoxy groups -OCH3 is 1. The standard InChI is InChI=1S/C17H22N4O3S/c1-18-16(13-8-19-21(2)9-13)17(23)20-14-6-4-5-12(7-14)10-25-11-15(22)24-3/h4-9,16,18H,10-11H2,1-3H3,(H,20,23). The number of esters is 1. The number of hydrogen-bond donors (Lipinski definition) is 2. The van der Waals surface area contributed by atoms with Crippen molar-refractivity contribution >= 4 is 29.3 Å². The fraction of sp³-hybridized carbons (Fsp3) is 0.353. The van der Waals surface area contributed by atoms with Crippen LogP contribution in [0.3, 0.4) is 0 Å². The number of rotatable bonds is 8. The van der Waals surface area contributed by atoms with Crippen molar-refractivity contribution in [1.82, 2.24) is 15.1 Å². The van der Waals surface area contributed by atoms with Gasteiger partial charge in [-0.25, -0.2) is 0 Å². The number of aromatic nitrogens is 2. The predicted octanol–water partition coefficient (Wildman–Crippen LogP) is 1.73. The molecule has 1 aromatic carbocycles. The van der Waals surface area contributed by atoms with Crippen molar-refractivity contribution in [2.45, 2.75) is 11.8 Å². The number of nitrogens with one attached hydrogen (secondary N) is 2. The van der Waals surface area contributed by atoms with E-state index >= 15 is 0 Å². The van der Waals surface area contributed by atoms with E-state index in [9.17, 15) is 9.59 Å². The Labute approximate surface area is 151 Å². The first kappa shape index (κ1) is 19.0. The van der Waals surface area contributed by atoms with Crippen LogP contribution in [-0.2, 0) is 27.1 Å². The van der Waals surface area contributed by atoms with Gasteiger partial charge >= 0.3 is 5.97 Å². The fourth-order valence-electron chi connectivity index (χ4n) is 2.30. The second kappa shape index (κ2) is 9.24. The largest absolute Gasteiger partial charge is 0.468 e. The number of anilines is 1. The van der Waals surface area contributed by atoms with Gasteiger partial charge in [0.1, 0.15) is 6.04 Å². The molecule has 7 nitrogen and oxygen atoms in total. The second-order valence-corrected chi connectivity index (χ2v) is 6.41. The zero-order valence-electron chi connectivity index (χ0n) is 14.5. The van der Waals surface area contributed by atoms with E-state index in [1.165, 1.54) is 18.9 Å². The molecule has 1 unspecified atom stereocenters. The first-order chi connectivity index (χ1) is 12.0. The maximum atomic E-state index is 12.5. The normalized spacial score (nSPS) is 11.8. The summed E-state index contributed by atoms with van der Waals surface area (Å²) >= 11 is 1.47. The smallest absolute Gasteiger partial charge is 0.315 e. The Balaban J connectivity index is 1.98. The Kier molecular flexibility index (Phi) is 7.03. The molecule has 0 aliphatic heterocycles. The van der Waals surface area contributed by atoms with E-state index in [0.717, 1.165) is 11.1 Å². The van der Waals surface area contributed by atoms with E-state index in [-0.39, 0.29) is 11.9 Å². The average molecular weight is 362 g/mol. The SMILES string of the molecule is CNC(C(=O)Nc1cccc(CSCC(=O)OC)c1)c1cnn(C)c1. The third kappa shape index (κ3) is 5.61. The zero-order valence-corrected chi connectivity index (χ0v) is 15.3. The lowest BCUT2D eigenvalue weighted by Gasteiger charge is -2.15. The number of carbonyl (C=O) groups is 2. The lowest BCUT2D eigenvalue weighted by Crippen LogP contribution is -2.30. The third-order valence-electron chi connectivity index (χ3n) is 3.52. The molecule has 1 atom stereocenters. The molecule has 0 saturated heterocycles. The Hall–Kier alpha value is -2.32. The van der Waals surface area contributed by atoms with Crippen molar-refractivity contribution in [3.05, 3.63) is 47.8 Å². The number of hydrogen-bond acceptors (Lipinski definition) is 6. The monoisotopic (exact) mass is 362 g/mol. The van der Waals surface area contributed by atoms with Gasteiger partial charge in [0.15, 0.2) is 0 Å². The molecule has 1 aromatic heterocycles. The fourth-order valence-corrected chi connectivity index (χ4v) is 3.10. The number of aryl methyl sites for hydroxylation is 1. The molecule has 0 saturated carbocycles. The first-order valence-corrected chi connectivity index (χ1v) is 8.89. The molecule has 0 aliphatic rings. The van der Waals surface area contributed by atoms with Gasteiger partial charge in [-0.3, -0.25) is 14.3 Å². The molecule has 0 radical (unpaired) electrons. The number of benzene rings is 1. The molecule has 0 spiro atoms. The molecule has 2 aromatic rings. The van der Waals surface area contributed by atoms with Crippen molar-refractivity contribution in [2.24, 2.45) is 7.05 Å². The molecule has 2 rings (SSSR count). The number of ether oxygens (including phenoxy) is 1. The van der Waals surface area contributed by atoms with Crippen LogP contribution in [-0.4, -0.2) is 41.6 Å². The van der Waals surface area contributed by atoms with Gasteiger partial charge in [0.2, 0.25) is 5.91 Å². The lowest BCUT2D eigenvalue weighted by molar-refractivity contribution is -0.137. The summed E-state index contributed by atoms with van der Waals surface area (Å²) in [6.45, 7) is 0. The minimum atomic E-state index is -0.481. The molecular weight excluding hydrogens is 340 g/mol. The van der Waals surface area contributed by atoms with Crippen LogP contribution in [0, 0.1) is 0 Å². The van der Waals surface area contributed by atoms with E-state index in [2.05, 4.69) is 20.5 Å². The van der Waals surface area contributed by atoms with Crippen molar-refractivity contribution in [2.75, 3.05) is 25.2 Å². The van der Waals surface area contributed by atoms with Gasteiger partial charge in [-0.15, -0.1) is 11.8 Å². The van der Waals surface area contributed by atoms with Crippen molar-refractivity contribution in [3.63, 3.8) is 0 Å². The molecule has 1 amide bonds. The zero-order chi connectivity index (χ0) is 18.2. The van der Waals surface area contributed by atoms with Crippen LogP contribution in [0.15, 0.2) is 36.7 Å². The summed E-state index contributed by atoms with van der Waals surface area (Å²) in [7, 11) is 4.92. The summed E-state index contributed by atoms with van der Waals surface area (Å²) in [5.41, 5.74) is 2.53. The van der Waals surface area contributed by atoms with Gasteiger partial charge in [0.25, 0.3) is 0 Å². The van der Waals surface area contributed by atoms with Crippen LogP contribution >= 0.6 is 11.8 Å². The molecule has 1 heterocycles. The van der Waals surface area contributed by atoms with Crippen LogP contribution in [0.1, 0.15) is 17.2 Å². The first-order valence-electron chi connectivity index (χ1n) is 7.73. The summed E-state index contributed by atoms with van der Waals surface area (Å²) in [5, 5.41) is 10.0. The minimum Gasteiger partial charge on any atom is -0.468 e.